The second kappa shape index (κ2) is 11.1. The molecule has 11 heteroatoms. The molecule has 0 radical (unpaired) electrons. The molecule has 0 aliphatic carbocycles. The van der Waals surface area contributed by atoms with Crippen LogP contribution in [0, 0.1) is 5.82 Å². The molecule has 1 aliphatic rings. The Bertz CT molecular complexity index is 1620. The first-order valence-corrected chi connectivity index (χ1v) is 14.7. The van der Waals surface area contributed by atoms with Crippen LogP contribution in [0.3, 0.4) is 0 Å². The third kappa shape index (κ3) is 6.27. The van der Waals surface area contributed by atoms with Gasteiger partial charge in [-0.1, -0.05) is 18.2 Å². The number of sulfone groups is 1. The standard InChI is InChI=1S/C28H31FN6O3S/c1-39(36,37)13-11-31-10-3-12-38-24-7-8-26-25(16-24)28(30,33-19-32-26)22-6-9-27-21(15-22)17-34-35(27)18-20-4-2-5-23(29)14-20/h2,4-9,14-17,19,31H,3,10-13,18,30H2,1H3,(H,32,33). The van der Waals surface area contributed by atoms with E-state index in [1.54, 1.807) is 18.6 Å². The summed E-state index contributed by atoms with van der Waals surface area (Å²) in [4.78, 5) is 4.61. The second-order valence-corrected chi connectivity index (χ2v) is 11.9. The molecular formula is C28H31FN6O3S. The maximum Gasteiger partial charge on any atom is 0.163 e. The lowest BCUT2D eigenvalue weighted by Gasteiger charge is -2.31. The number of hydrogen-bond acceptors (Lipinski definition) is 8. The lowest BCUT2D eigenvalue weighted by Crippen LogP contribution is -2.39. The molecule has 0 bridgehead atoms. The molecule has 0 fully saturated rings. The van der Waals surface area contributed by atoms with Crippen molar-refractivity contribution in [3.8, 4) is 5.75 Å². The van der Waals surface area contributed by atoms with Crippen molar-refractivity contribution in [2.24, 2.45) is 10.7 Å². The van der Waals surface area contributed by atoms with Crippen molar-refractivity contribution in [3.63, 3.8) is 0 Å². The van der Waals surface area contributed by atoms with E-state index in [4.69, 9.17) is 10.5 Å². The largest absolute Gasteiger partial charge is 0.494 e. The van der Waals surface area contributed by atoms with E-state index in [-0.39, 0.29) is 11.6 Å². The van der Waals surface area contributed by atoms with E-state index in [9.17, 15) is 12.8 Å². The van der Waals surface area contributed by atoms with Crippen molar-refractivity contribution in [1.82, 2.24) is 15.1 Å². The van der Waals surface area contributed by atoms with Gasteiger partial charge in [-0.25, -0.2) is 17.8 Å². The quantitative estimate of drug-likeness (QED) is 0.245. The van der Waals surface area contributed by atoms with E-state index < -0.39 is 15.5 Å². The summed E-state index contributed by atoms with van der Waals surface area (Å²) in [5, 5.41) is 11.7. The number of aliphatic imine (C=N–C) groups is 1. The minimum absolute atomic E-state index is 0.115. The summed E-state index contributed by atoms with van der Waals surface area (Å²) < 4.78 is 43.9. The fourth-order valence-electron chi connectivity index (χ4n) is 4.59. The summed E-state index contributed by atoms with van der Waals surface area (Å²) in [6.07, 6.45) is 5.32. The average molecular weight is 551 g/mol. The number of anilines is 1. The summed E-state index contributed by atoms with van der Waals surface area (Å²) in [7, 11) is -2.97. The number of aromatic nitrogens is 2. The van der Waals surface area contributed by atoms with Crippen LogP contribution in [-0.4, -0.2) is 56.2 Å². The number of hydrogen-bond donors (Lipinski definition) is 3. The summed E-state index contributed by atoms with van der Waals surface area (Å²) in [6.45, 7) is 1.99. The predicted octanol–water partition coefficient (Wildman–Crippen LogP) is 3.24. The van der Waals surface area contributed by atoms with E-state index in [1.165, 1.54) is 18.4 Å². The van der Waals surface area contributed by atoms with Gasteiger partial charge in [0.2, 0.25) is 0 Å². The molecule has 1 aliphatic heterocycles. The summed E-state index contributed by atoms with van der Waals surface area (Å²) in [5.74, 6) is 0.510. The molecule has 0 saturated heterocycles. The van der Waals surface area contributed by atoms with Crippen LogP contribution in [-0.2, 0) is 22.0 Å². The Morgan fingerprint density at radius 2 is 2.00 bits per heavy atom. The van der Waals surface area contributed by atoms with Gasteiger partial charge >= 0.3 is 0 Å². The molecule has 0 spiro atoms. The van der Waals surface area contributed by atoms with Crippen molar-refractivity contribution in [2.75, 3.05) is 37.0 Å². The smallest absolute Gasteiger partial charge is 0.163 e. The van der Waals surface area contributed by atoms with Gasteiger partial charge in [0.25, 0.3) is 0 Å². The van der Waals surface area contributed by atoms with Gasteiger partial charge < -0.3 is 15.4 Å². The van der Waals surface area contributed by atoms with Crippen LogP contribution in [0.25, 0.3) is 10.9 Å². The summed E-state index contributed by atoms with van der Waals surface area (Å²) in [5.41, 5.74) is 9.94. The van der Waals surface area contributed by atoms with Gasteiger partial charge in [-0.3, -0.25) is 10.4 Å². The molecule has 2 heterocycles. The van der Waals surface area contributed by atoms with Gasteiger partial charge in [0.1, 0.15) is 21.4 Å². The molecule has 39 heavy (non-hydrogen) atoms. The van der Waals surface area contributed by atoms with Crippen molar-refractivity contribution in [1.29, 1.82) is 0 Å². The monoisotopic (exact) mass is 550 g/mol. The van der Waals surface area contributed by atoms with E-state index in [0.717, 1.165) is 39.7 Å². The SMILES string of the molecule is CS(=O)(=O)CCNCCCOc1ccc2c(c1)C(N)(c1ccc3c(cnn3Cc3cccc(F)c3)c1)N=CN2. The van der Waals surface area contributed by atoms with Crippen LogP contribution in [0.4, 0.5) is 10.1 Å². The molecule has 4 aromatic rings. The normalized spacial score (nSPS) is 16.7. The Hall–Kier alpha value is -3.80. The molecule has 1 aromatic heterocycles. The minimum Gasteiger partial charge on any atom is -0.494 e. The van der Waals surface area contributed by atoms with Gasteiger partial charge in [-0.05, 0) is 66.6 Å². The highest BCUT2D eigenvalue weighted by Gasteiger charge is 2.34. The van der Waals surface area contributed by atoms with E-state index in [2.05, 4.69) is 20.7 Å². The highest BCUT2D eigenvalue weighted by molar-refractivity contribution is 7.90. The van der Waals surface area contributed by atoms with E-state index >= 15 is 0 Å². The zero-order valence-electron chi connectivity index (χ0n) is 21.6. The maximum atomic E-state index is 13.6. The lowest BCUT2D eigenvalue weighted by molar-refractivity contribution is 0.308. The first kappa shape index (κ1) is 26.8. The third-order valence-electron chi connectivity index (χ3n) is 6.61. The number of halogens is 1. The van der Waals surface area contributed by atoms with Crippen LogP contribution < -0.4 is 21.1 Å². The molecule has 1 atom stereocenters. The fraction of sp³-hybridized carbons (Fsp3) is 0.286. The Morgan fingerprint density at radius 3 is 2.82 bits per heavy atom. The molecule has 5 rings (SSSR count). The van der Waals surface area contributed by atoms with Gasteiger partial charge in [-0.2, -0.15) is 5.10 Å². The number of benzene rings is 3. The number of nitrogens with two attached hydrogens (primary N) is 1. The molecule has 0 amide bonds. The molecular weight excluding hydrogens is 519 g/mol. The van der Waals surface area contributed by atoms with Crippen molar-refractivity contribution < 1.29 is 17.5 Å². The minimum atomic E-state index is -2.97. The molecule has 9 nitrogen and oxygen atoms in total. The van der Waals surface area contributed by atoms with Crippen LogP contribution in [0.15, 0.2) is 71.9 Å². The molecule has 1 unspecified atom stereocenters. The average Bonchev–Trinajstić information content (AvgIpc) is 3.30. The lowest BCUT2D eigenvalue weighted by atomic mass is 9.89. The first-order chi connectivity index (χ1) is 18.7. The number of rotatable bonds is 11. The number of fused-ring (bicyclic) bond motifs is 2. The van der Waals surface area contributed by atoms with Gasteiger partial charge in [0, 0.05) is 29.4 Å². The van der Waals surface area contributed by atoms with Crippen LogP contribution in [0.1, 0.15) is 23.1 Å². The molecule has 4 N–H and O–H groups in total. The topological polar surface area (TPSA) is 124 Å². The van der Waals surface area contributed by atoms with Gasteiger partial charge in [0.15, 0.2) is 5.66 Å². The Labute approximate surface area is 226 Å². The zero-order valence-corrected chi connectivity index (χ0v) is 22.4. The number of nitrogens with zero attached hydrogens (tertiary/aromatic N) is 3. The summed E-state index contributed by atoms with van der Waals surface area (Å²) >= 11 is 0. The molecule has 0 saturated carbocycles. The second-order valence-electron chi connectivity index (χ2n) is 9.66. The van der Waals surface area contributed by atoms with Gasteiger partial charge in [0.05, 0.1) is 37.0 Å². The van der Waals surface area contributed by atoms with Crippen molar-refractivity contribution in [2.45, 2.75) is 18.6 Å². The number of ether oxygens (including phenoxy) is 1. The van der Waals surface area contributed by atoms with E-state index in [1.807, 2.05) is 47.1 Å². The van der Waals surface area contributed by atoms with Crippen molar-refractivity contribution in [3.05, 3.63) is 89.4 Å². The van der Waals surface area contributed by atoms with E-state index in [0.29, 0.717) is 32.0 Å². The Morgan fingerprint density at radius 1 is 1.13 bits per heavy atom. The number of nitrogens with one attached hydrogen (secondary N) is 2. The Balaban J connectivity index is 1.30. The van der Waals surface area contributed by atoms with Crippen molar-refractivity contribution >= 4 is 32.8 Å². The molecule has 3 aromatic carbocycles. The zero-order chi connectivity index (χ0) is 27.5. The van der Waals surface area contributed by atoms with Gasteiger partial charge in [-0.15, -0.1) is 0 Å². The van der Waals surface area contributed by atoms with Crippen LogP contribution in [0.2, 0.25) is 0 Å². The van der Waals surface area contributed by atoms with Crippen LogP contribution >= 0.6 is 0 Å². The maximum absolute atomic E-state index is 13.6. The first-order valence-electron chi connectivity index (χ1n) is 12.7. The fourth-order valence-corrected chi connectivity index (χ4v) is 5.10. The highest BCUT2D eigenvalue weighted by Crippen LogP contribution is 2.38. The molecule has 204 valence electrons. The van der Waals surface area contributed by atoms with Crippen LogP contribution in [0.5, 0.6) is 5.75 Å². The summed E-state index contributed by atoms with van der Waals surface area (Å²) in [6, 6.07) is 18.1. The Kier molecular flexibility index (Phi) is 7.65. The predicted molar refractivity (Wildman–Crippen MR) is 151 cm³/mol. The highest BCUT2D eigenvalue weighted by atomic mass is 32.2. The third-order valence-corrected chi connectivity index (χ3v) is 7.56.